The molecule has 1 fully saturated rings. The number of carbonyl (C=O) groups is 4. The number of methoxy groups -OCH3 is 1. The summed E-state index contributed by atoms with van der Waals surface area (Å²) in [4.78, 5) is 47.2. The van der Waals surface area contributed by atoms with Gasteiger partial charge in [-0.1, -0.05) is 0 Å². The van der Waals surface area contributed by atoms with E-state index in [1.807, 2.05) is 5.32 Å². The van der Waals surface area contributed by atoms with Crippen LogP contribution in [0.1, 0.15) is 33.6 Å². The van der Waals surface area contributed by atoms with Crippen LogP contribution in [-0.4, -0.2) is 56.6 Å². The maximum atomic E-state index is 12.7. The standard InChI is InChI=1S/C19H19N3O7S2/c1-29-19(26)21-17(25)15-8-11-30-18(15)20-16(24)12-2-4-14(5-3-12)31(27,28)22-9-6-13(23)7-10-22/h2-5,8,11H,6-7,9-10H2,1H3,(H,20,24)(H,21,25,26). The Kier molecular flexibility index (Phi) is 6.83. The summed E-state index contributed by atoms with van der Waals surface area (Å²) < 4.78 is 31.0. The number of alkyl carbamates (subject to hydrolysis) is 1. The van der Waals surface area contributed by atoms with E-state index in [4.69, 9.17) is 0 Å². The minimum atomic E-state index is -3.76. The Hall–Kier alpha value is -3.09. The zero-order chi connectivity index (χ0) is 22.6. The minimum absolute atomic E-state index is 0.0210. The molecule has 0 spiro atoms. The Morgan fingerprint density at radius 1 is 1.03 bits per heavy atom. The van der Waals surface area contributed by atoms with E-state index in [2.05, 4.69) is 10.1 Å². The quantitative estimate of drug-likeness (QED) is 0.687. The predicted octanol–water partition coefficient (Wildman–Crippen LogP) is 1.85. The van der Waals surface area contributed by atoms with Crippen molar-refractivity contribution in [3.8, 4) is 0 Å². The molecule has 0 atom stereocenters. The lowest BCUT2D eigenvalue weighted by atomic mass is 10.1. The third-order valence-electron chi connectivity index (χ3n) is 4.57. The normalized spacial score (nSPS) is 14.7. The van der Waals surface area contributed by atoms with E-state index in [0.29, 0.717) is 0 Å². The Morgan fingerprint density at radius 2 is 1.68 bits per heavy atom. The molecule has 1 aromatic heterocycles. The SMILES string of the molecule is COC(=O)NC(=O)c1ccsc1NC(=O)c1ccc(S(=O)(=O)N2CCC(=O)CC2)cc1. The van der Waals surface area contributed by atoms with Gasteiger partial charge in [0.1, 0.15) is 10.8 Å². The third-order valence-corrected chi connectivity index (χ3v) is 7.31. The number of amides is 3. The van der Waals surface area contributed by atoms with Crippen LogP contribution in [0.15, 0.2) is 40.6 Å². The lowest BCUT2D eigenvalue weighted by Gasteiger charge is -2.25. The van der Waals surface area contributed by atoms with Crippen molar-refractivity contribution >= 4 is 50.1 Å². The van der Waals surface area contributed by atoms with Crippen LogP contribution in [0, 0.1) is 0 Å². The van der Waals surface area contributed by atoms with Crippen molar-refractivity contribution in [1.82, 2.24) is 9.62 Å². The molecule has 10 nitrogen and oxygen atoms in total. The van der Waals surface area contributed by atoms with Gasteiger partial charge in [-0.2, -0.15) is 4.31 Å². The van der Waals surface area contributed by atoms with E-state index in [1.54, 1.807) is 5.38 Å². The maximum Gasteiger partial charge on any atom is 0.413 e. The van der Waals surface area contributed by atoms with Crippen molar-refractivity contribution in [2.24, 2.45) is 0 Å². The van der Waals surface area contributed by atoms with E-state index >= 15 is 0 Å². The van der Waals surface area contributed by atoms with Gasteiger partial charge in [-0.15, -0.1) is 11.3 Å². The lowest BCUT2D eigenvalue weighted by Crippen LogP contribution is -2.38. The minimum Gasteiger partial charge on any atom is -0.453 e. The molecule has 0 unspecified atom stereocenters. The van der Waals surface area contributed by atoms with Crippen LogP contribution in [0.2, 0.25) is 0 Å². The largest absolute Gasteiger partial charge is 0.453 e. The summed E-state index contributed by atoms with van der Waals surface area (Å²) in [5, 5.41) is 6.37. The van der Waals surface area contributed by atoms with Crippen LogP contribution in [0.25, 0.3) is 0 Å². The molecule has 1 saturated heterocycles. The highest BCUT2D eigenvalue weighted by atomic mass is 32.2. The van der Waals surface area contributed by atoms with Crippen molar-refractivity contribution < 1.29 is 32.3 Å². The third kappa shape index (κ3) is 5.16. The number of benzene rings is 1. The van der Waals surface area contributed by atoms with E-state index in [1.165, 1.54) is 34.6 Å². The monoisotopic (exact) mass is 465 g/mol. The van der Waals surface area contributed by atoms with Crippen LogP contribution in [0.5, 0.6) is 0 Å². The fourth-order valence-electron chi connectivity index (χ4n) is 2.87. The zero-order valence-corrected chi connectivity index (χ0v) is 18.0. The summed E-state index contributed by atoms with van der Waals surface area (Å²) in [5.41, 5.74) is 0.267. The maximum absolute atomic E-state index is 12.7. The molecule has 2 N–H and O–H groups in total. The Morgan fingerprint density at radius 3 is 2.29 bits per heavy atom. The molecule has 0 saturated carbocycles. The lowest BCUT2D eigenvalue weighted by molar-refractivity contribution is -0.120. The summed E-state index contributed by atoms with van der Waals surface area (Å²) in [6.07, 6.45) is -0.554. The predicted molar refractivity (Wildman–Crippen MR) is 112 cm³/mol. The topological polar surface area (TPSA) is 139 Å². The molecule has 3 rings (SSSR count). The molecule has 0 aliphatic carbocycles. The number of imide groups is 1. The van der Waals surface area contributed by atoms with E-state index in [-0.39, 0.29) is 52.7 Å². The van der Waals surface area contributed by atoms with Crippen molar-refractivity contribution in [2.45, 2.75) is 17.7 Å². The van der Waals surface area contributed by atoms with Crippen molar-refractivity contribution in [3.63, 3.8) is 0 Å². The van der Waals surface area contributed by atoms with Gasteiger partial charge in [-0.25, -0.2) is 13.2 Å². The number of piperidine rings is 1. The molecule has 3 amide bonds. The van der Waals surface area contributed by atoms with Gasteiger partial charge >= 0.3 is 6.09 Å². The molecule has 1 aliphatic heterocycles. The van der Waals surface area contributed by atoms with Gasteiger partial charge < -0.3 is 10.1 Å². The summed E-state index contributed by atoms with van der Waals surface area (Å²) in [7, 11) is -2.64. The van der Waals surface area contributed by atoms with Crippen LogP contribution >= 0.6 is 11.3 Å². The van der Waals surface area contributed by atoms with E-state index in [0.717, 1.165) is 18.4 Å². The van der Waals surface area contributed by atoms with Crippen LogP contribution in [-0.2, 0) is 19.6 Å². The van der Waals surface area contributed by atoms with Crippen LogP contribution in [0.3, 0.4) is 0 Å². The molecule has 0 radical (unpaired) electrons. The first-order chi connectivity index (χ1) is 14.7. The van der Waals surface area contributed by atoms with Crippen molar-refractivity contribution in [3.05, 3.63) is 46.8 Å². The summed E-state index contributed by atoms with van der Waals surface area (Å²) in [6.45, 7) is 0.274. The van der Waals surface area contributed by atoms with Gasteiger partial charge in [0.25, 0.3) is 11.8 Å². The second-order valence-corrected chi connectivity index (χ2v) is 9.38. The van der Waals surface area contributed by atoms with Gasteiger partial charge in [-0.3, -0.25) is 19.7 Å². The molecule has 12 heteroatoms. The highest BCUT2D eigenvalue weighted by Crippen LogP contribution is 2.25. The molecule has 164 valence electrons. The fraction of sp³-hybridized carbons (Fsp3) is 0.263. The highest BCUT2D eigenvalue weighted by molar-refractivity contribution is 7.89. The molecule has 1 aromatic carbocycles. The molecular formula is C19H19N3O7S2. The molecule has 31 heavy (non-hydrogen) atoms. The number of rotatable bonds is 5. The summed E-state index contributed by atoms with van der Waals surface area (Å²) >= 11 is 1.09. The average Bonchev–Trinajstić information content (AvgIpc) is 3.22. The summed E-state index contributed by atoms with van der Waals surface area (Å²) in [5.74, 6) is -1.25. The van der Waals surface area contributed by atoms with Gasteiger partial charge in [0.15, 0.2) is 0 Å². The molecular weight excluding hydrogens is 446 g/mol. The second-order valence-electron chi connectivity index (χ2n) is 6.53. The molecule has 1 aliphatic rings. The number of nitrogens with one attached hydrogen (secondary N) is 2. The number of ketones is 1. The summed E-state index contributed by atoms with van der Waals surface area (Å²) in [6, 6.07) is 6.80. The Balaban J connectivity index is 1.70. The number of anilines is 1. The first-order valence-corrected chi connectivity index (χ1v) is 11.4. The van der Waals surface area contributed by atoms with Crippen molar-refractivity contribution in [1.29, 1.82) is 0 Å². The van der Waals surface area contributed by atoms with Crippen LogP contribution < -0.4 is 10.6 Å². The number of hydrogen-bond donors (Lipinski definition) is 2. The molecule has 2 heterocycles. The second kappa shape index (κ2) is 9.37. The highest BCUT2D eigenvalue weighted by Gasteiger charge is 2.28. The average molecular weight is 466 g/mol. The number of carbonyl (C=O) groups excluding carboxylic acids is 4. The number of ether oxygens (including phenoxy) is 1. The van der Waals surface area contributed by atoms with Gasteiger partial charge in [0, 0.05) is 31.5 Å². The number of thiophene rings is 1. The van der Waals surface area contributed by atoms with Crippen molar-refractivity contribution in [2.75, 3.05) is 25.5 Å². The Bertz CT molecular complexity index is 1110. The number of Topliss-reactive ketones (excluding diaryl/α,β-unsaturated/α-hetero) is 1. The van der Waals surface area contributed by atoms with E-state index < -0.39 is 27.9 Å². The fourth-order valence-corrected chi connectivity index (χ4v) is 5.10. The zero-order valence-electron chi connectivity index (χ0n) is 16.4. The number of nitrogens with zero attached hydrogens (tertiary/aromatic N) is 1. The van der Waals surface area contributed by atoms with Gasteiger partial charge in [0.05, 0.1) is 17.6 Å². The first kappa shape index (κ1) is 22.6. The smallest absolute Gasteiger partial charge is 0.413 e. The van der Waals surface area contributed by atoms with Crippen LogP contribution in [0.4, 0.5) is 9.80 Å². The van der Waals surface area contributed by atoms with Gasteiger partial charge in [-0.05, 0) is 35.7 Å². The number of hydrogen-bond acceptors (Lipinski definition) is 8. The molecule has 2 aromatic rings. The molecule has 0 bridgehead atoms. The number of sulfonamides is 1. The van der Waals surface area contributed by atoms with E-state index in [9.17, 15) is 27.6 Å². The Labute approximate surface area is 182 Å². The first-order valence-electron chi connectivity index (χ1n) is 9.12. The van der Waals surface area contributed by atoms with Gasteiger partial charge in [0.2, 0.25) is 10.0 Å².